The molecule has 0 amide bonds. The number of aliphatic carboxylic acids is 1. The second kappa shape index (κ2) is 5.57. The molecule has 2 rings (SSSR count). The van der Waals surface area contributed by atoms with E-state index in [9.17, 15) is 9.90 Å². The fraction of sp³-hybridized carbons (Fsp3) is 0.188. The topological polar surface area (TPSA) is 52.2 Å². The highest BCUT2D eigenvalue weighted by atomic mass is 16.4. The van der Waals surface area contributed by atoms with Gasteiger partial charge in [-0.1, -0.05) is 48.0 Å². The van der Waals surface area contributed by atoms with E-state index >= 15 is 0 Å². The Balaban J connectivity index is 2.29. The van der Waals surface area contributed by atoms with Gasteiger partial charge in [-0.05, 0) is 31.0 Å². The largest absolute Gasteiger partial charge is 0.548 e. The summed E-state index contributed by atoms with van der Waals surface area (Å²) in [6.45, 7) is 3.90. The number of hydrogen-bond acceptors (Lipinski definition) is 3. The minimum atomic E-state index is -1.13. The molecule has 0 fully saturated rings. The highest BCUT2D eigenvalue weighted by molar-refractivity contribution is 5.78. The Kier molecular flexibility index (Phi) is 3.85. The first-order valence-electron chi connectivity index (χ1n) is 6.17. The molecule has 0 aromatic heterocycles. The van der Waals surface area contributed by atoms with Crippen LogP contribution in [0.1, 0.15) is 22.7 Å². The van der Waals surface area contributed by atoms with Crippen molar-refractivity contribution in [1.82, 2.24) is 0 Å². The van der Waals surface area contributed by atoms with Gasteiger partial charge in [0.1, 0.15) is 0 Å². The van der Waals surface area contributed by atoms with Crippen LogP contribution in [0.4, 0.5) is 5.69 Å². The zero-order valence-corrected chi connectivity index (χ0v) is 11.0. The first kappa shape index (κ1) is 13.1. The summed E-state index contributed by atoms with van der Waals surface area (Å²) in [6.07, 6.45) is 0. The lowest BCUT2D eigenvalue weighted by atomic mass is 10.0. The van der Waals surface area contributed by atoms with Gasteiger partial charge in [0.25, 0.3) is 0 Å². The van der Waals surface area contributed by atoms with Crippen molar-refractivity contribution in [2.24, 2.45) is 0 Å². The summed E-state index contributed by atoms with van der Waals surface area (Å²) in [7, 11) is 0. The zero-order chi connectivity index (χ0) is 13.8. The summed E-state index contributed by atoms with van der Waals surface area (Å²) in [5, 5.41) is 14.3. The molecule has 0 saturated heterocycles. The monoisotopic (exact) mass is 254 g/mol. The molecule has 0 bridgehead atoms. The average molecular weight is 254 g/mol. The number of hydrogen-bond donors (Lipinski definition) is 1. The Hall–Kier alpha value is -2.29. The van der Waals surface area contributed by atoms with Gasteiger partial charge in [-0.25, -0.2) is 0 Å². The lowest BCUT2D eigenvalue weighted by Crippen LogP contribution is -2.34. The Morgan fingerprint density at radius 3 is 2.26 bits per heavy atom. The molecule has 2 aromatic rings. The van der Waals surface area contributed by atoms with Crippen molar-refractivity contribution in [2.45, 2.75) is 19.9 Å². The summed E-state index contributed by atoms with van der Waals surface area (Å²) in [5.41, 5.74) is 3.59. The van der Waals surface area contributed by atoms with Gasteiger partial charge in [0, 0.05) is 5.69 Å². The molecule has 3 nitrogen and oxygen atoms in total. The summed E-state index contributed by atoms with van der Waals surface area (Å²) < 4.78 is 0. The second-order valence-electron chi connectivity index (χ2n) is 4.62. The number of carbonyl (C=O) groups is 1. The van der Waals surface area contributed by atoms with E-state index in [1.807, 2.05) is 50.2 Å². The van der Waals surface area contributed by atoms with Gasteiger partial charge in [-0.3, -0.25) is 0 Å². The zero-order valence-electron chi connectivity index (χ0n) is 11.0. The van der Waals surface area contributed by atoms with Crippen LogP contribution in [0.3, 0.4) is 0 Å². The molecule has 1 N–H and O–H groups in total. The third kappa shape index (κ3) is 3.13. The Bertz CT molecular complexity index is 576. The molecular formula is C16H16NO2-. The third-order valence-electron chi connectivity index (χ3n) is 3.09. The lowest BCUT2D eigenvalue weighted by Gasteiger charge is -2.22. The number of aryl methyl sites for hydroxylation is 2. The maximum Gasteiger partial charge on any atom is 0.0912 e. The van der Waals surface area contributed by atoms with E-state index in [0.717, 1.165) is 16.8 Å². The van der Waals surface area contributed by atoms with Gasteiger partial charge in [0.05, 0.1) is 12.0 Å². The summed E-state index contributed by atoms with van der Waals surface area (Å²) in [4.78, 5) is 11.3. The first-order valence-corrected chi connectivity index (χ1v) is 6.17. The van der Waals surface area contributed by atoms with Crippen molar-refractivity contribution in [3.05, 3.63) is 65.2 Å². The van der Waals surface area contributed by atoms with Gasteiger partial charge >= 0.3 is 0 Å². The normalized spacial score (nSPS) is 11.9. The maximum atomic E-state index is 11.3. The molecule has 0 heterocycles. The molecule has 0 aliphatic heterocycles. The minimum Gasteiger partial charge on any atom is -0.548 e. The van der Waals surface area contributed by atoms with E-state index in [4.69, 9.17) is 0 Å². The third-order valence-corrected chi connectivity index (χ3v) is 3.09. The van der Waals surface area contributed by atoms with Crippen LogP contribution in [0.25, 0.3) is 0 Å². The van der Waals surface area contributed by atoms with E-state index in [2.05, 4.69) is 5.32 Å². The van der Waals surface area contributed by atoms with Crippen molar-refractivity contribution in [1.29, 1.82) is 0 Å². The molecule has 0 saturated carbocycles. The molecular weight excluding hydrogens is 238 g/mol. The SMILES string of the molecule is Cc1ccc([C@@H](Nc2ccccc2C)C(=O)[O-])cc1. The molecule has 0 aliphatic rings. The van der Waals surface area contributed by atoms with Crippen molar-refractivity contribution < 1.29 is 9.90 Å². The van der Waals surface area contributed by atoms with E-state index in [-0.39, 0.29) is 0 Å². The van der Waals surface area contributed by atoms with Crippen LogP contribution in [0.15, 0.2) is 48.5 Å². The number of anilines is 1. The average Bonchev–Trinajstić information content (AvgIpc) is 2.39. The highest BCUT2D eigenvalue weighted by Crippen LogP contribution is 2.22. The maximum absolute atomic E-state index is 11.3. The fourth-order valence-electron chi connectivity index (χ4n) is 1.93. The van der Waals surface area contributed by atoms with Crippen LogP contribution in [-0.2, 0) is 4.79 Å². The first-order chi connectivity index (χ1) is 9.08. The lowest BCUT2D eigenvalue weighted by molar-refractivity contribution is -0.307. The molecule has 1 atom stereocenters. The summed E-state index contributed by atoms with van der Waals surface area (Å²) in [5.74, 6) is -1.13. The van der Waals surface area contributed by atoms with Crippen molar-refractivity contribution in [3.63, 3.8) is 0 Å². The minimum absolute atomic E-state index is 0.689. The van der Waals surface area contributed by atoms with Crippen LogP contribution in [0.5, 0.6) is 0 Å². The standard InChI is InChI=1S/C16H17NO2/c1-11-7-9-13(10-8-11)15(16(18)19)17-14-6-4-3-5-12(14)2/h3-10,15,17H,1-2H3,(H,18,19)/p-1/t15-/m1/s1. The van der Waals surface area contributed by atoms with Crippen LogP contribution in [0.2, 0.25) is 0 Å². The van der Waals surface area contributed by atoms with Crippen molar-refractivity contribution in [3.8, 4) is 0 Å². The number of para-hydroxylation sites is 1. The second-order valence-corrected chi connectivity index (χ2v) is 4.62. The number of nitrogens with one attached hydrogen (secondary N) is 1. The number of rotatable bonds is 4. The Morgan fingerprint density at radius 2 is 1.68 bits per heavy atom. The van der Waals surface area contributed by atoms with E-state index in [0.29, 0.717) is 5.56 Å². The molecule has 0 spiro atoms. The van der Waals surface area contributed by atoms with Crippen LogP contribution < -0.4 is 10.4 Å². The Morgan fingerprint density at radius 1 is 1.05 bits per heavy atom. The molecule has 3 heteroatoms. The fourth-order valence-corrected chi connectivity index (χ4v) is 1.93. The number of carbonyl (C=O) groups excluding carboxylic acids is 1. The quantitative estimate of drug-likeness (QED) is 0.910. The van der Waals surface area contributed by atoms with Gasteiger partial charge < -0.3 is 15.2 Å². The molecule has 0 radical (unpaired) electrons. The van der Waals surface area contributed by atoms with Crippen molar-refractivity contribution >= 4 is 11.7 Å². The van der Waals surface area contributed by atoms with Crippen LogP contribution >= 0.6 is 0 Å². The van der Waals surface area contributed by atoms with Crippen LogP contribution in [0, 0.1) is 13.8 Å². The number of carboxylic acids is 1. The van der Waals surface area contributed by atoms with Gasteiger partial charge in [0.15, 0.2) is 0 Å². The number of carboxylic acid groups (broad SMARTS) is 1. The van der Waals surface area contributed by atoms with Gasteiger partial charge in [-0.15, -0.1) is 0 Å². The van der Waals surface area contributed by atoms with Gasteiger partial charge in [0.2, 0.25) is 0 Å². The van der Waals surface area contributed by atoms with E-state index in [1.165, 1.54) is 0 Å². The van der Waals surface area contributed by atoms with E-state index < -0.39 is 12.0 Å². The smallest absolute Gasteiger partial charge is 0.0912 e. The molecule has 0 aliphatic carbocycles. The van der Waals surface area contributed by atoms with Gasteiger partial charge in [-0.2, -0.15) is 0 Å². The highest BCUT2D eigenvalue weighted by Gasteiger charge is 2.13. The number of benzene rings is 2. The predicted octanol–water partition coefficient (Wildman–Crippen LogP) is 2.21. The molecule has 2 aromatic carbocycles. The summed E-state index contributed by atoms with van der Waals surface area (Å²) >= 11 is 0. The Labute approximate surface area is 112 Å². The van der Waals surface area contributed by atoms with E-state index in [1.54, 1.807) is 12.1 Å². The molecule has 98 valence electrons. The predicted molar refractivity (Wildman–Crippen MR) is 73.7 cm³/mol. The molecule has 0 unspecified atom stereocenters. The summed E-state index contributed by atoms with van der Waals surface area (Å²) in [6, 6.07) is 14.1. The van der Waals surface area contributed by atoms with Crippen LogP contribution in [-0.4, -0.2) is 5.97 Å². The van der Waals surface area contributed by atoms with Crippen molar-refractivity contribution in [2.75, 3.05) is 5.32 Å². The molecule has 19 heavy (non-hydrogen) atoms.